The van der Waals surface area contributed by atoms with Crippen LogP contribution in [0.3, 0.4) is 0 Å². The quantitative estimate of drug-likeness (QED) is 0.493. The topological polar surface area (TPSA) is 108 Å². The molecule has 1 amide bonds. The van der Waals surface area contributed by atoms with Crippen LogP contribution in [0.4, 0.5) is 18.9 Å². The number of anilines is 1. The number of carbonyl (C=O) groups excluding carboxylic acids is 1. The molecule has 1 fully saturated rings. The molecule has 1 aliphatic carbocycles. The number of primary sulfonamides is 1. The minimum absolute atomic E-state index is 0. The van der Waals surface area contributed by atoms with Crippen molar-refractivity contribution in [3.8, 4) is 22.6 Å². The van der Waals surface area contributed by atoms with Crippen LogP contribution in [0, 0.1) is 0 Å². The number of rotatable bonds is 5. The monoisotopic (exact) mass is 510 g/mol. The molecular formula is C24H25F3N2O5S. The van der Waals surface area contributed by atoms with Crippen LogP contribution < -0.4 is 19.9 Å². The van der Waals surface area contributed by atoms with Crippen molar-refractivity contribution in [2.24, 2.45) is 5.14 Å². The van der Waals surface area contributed by atoms with Crippen molar-refractivity contribution >= 4 is 21.6 Å². The van der Waals surface area contributed by atoms with Gasteiger partial charge in [-0.2, -0.15) is 13.2 Å². The van der Waals surface area contributed by atoms with Gasteiger partial charge in [-0.3, -0.25) is 4.79 Å². The summed E-state index contributed by atoms with van der Waals surface area (Å²) in [6.07, 6.45) is -3.57. The summed E-state index contributed by atoms with van der Waals surface area (Å²) in [5.41, 5.74) is -1.21. The Hall–Kier alpha value is -3.57. The molecule has 3 aromatic carbocycles. The molecule has 5 rings (SSSR count). The summed E-state index contributed by atoms with van der Waals surface area (Å²) in [5, 5.41) is 7.87. The number of benzene rings is 3. The zero-order chi connectivity index (χ0) is 25.0. The summed E-state index contributed by atoms with van der Waals surface area (Å²) in [6.45, 7) is 0.0962. The van der Waals surface area contributed by atoms with Gasteiger partial charge in [0.1, 0.15) is 0 Å². The first-order valence-corrected chi connectivity index (χ1v) is 12.1. The first-order valence-electron chi connectivity index (χ1n) is 10.5. The van der Waals surface area contributed by atoms with Gasteiger partial charge < -0.3 is 14.8 Å². The fourth-order valence-corrected chi connectivity index (χ4v) is 4.72. The highest BCUT2D eigenvalue weighted by molar-refractivity contribution is 7.89. The first-order chi connectivity index (χ1) is 16.5. The van der Waals surface area contributed by atoms with Gasteiger partial charge in [-0.05, 0) is 72.0 Å². The molecule has 11 heteroatoms. The van der Waals surface area contributed by atoms with Crippen molar-refractivity contribution in [2.45, 2.75) is 29.3 Å². The molecule has 7 nitrogen and oxygen atoms in total. The summed E-state index contributed by atoms with van der Waals surface area (Å²) in [7, 11) is -4.13. The average Bonchev–Trinajstić information content (AvgIpc) is 3.49. The smallest absolute Gasteiger partial charge is 0.417 e. The lowest BCUT2D eigenvalue weighted by Gasteiger charge is -2.19. The summed E-state index contributed by atoms with van der Waals surface area (Å²) in [4.78, 5) is 12.9. The van der Waals surface area contributed by atoms with Crippen LogP contribution in [0.5, 0.6) is 11.5 Å². The van der Waals surface area contributed by atoms with Crippen molar-refractivity contribution in [1.82, 2.24) is 0 Å². The number of halogens is 3. The van der Waals surface area contributed by atoms with E-state index in [1.54, 1.807) is 18.2 Å². The second-order valence-corrected chi connectivity index (χ2v) is 10.00. The highest BCUT2D eigenvalue weighted by atomic mass is 32.2. The molecule has 188 valence electrons. The van der Waals surface area contributed by atoms with E-state index in [1.807, 2.05) is 0 Å². The normalized spacial score (nSPS) is 16.1. The third-order valence-electron chi connectivity index (χ3n) is 6.17. The number of nitrogens with one attached hydrogen (secondary N) is 1. The molecule has 3 N–H and O–H groups in total. The Bertz CT molecular complexity index is 1460. The second kappa shape index (κ2) is 7.99. The van der Waals surface area contributed by atoms with Crippen LogP contribution in [0.1, 0.15) is 28.2 Å². The van der Waals surface area contributed by atoms with Crippen molar-refractivity contribution in [3.63, 3.8) is 0 Å². The summed E-state index contributed by atoms with van der Waals surface area (Å²) >= 11 is 0. The van der Waals surface area contributed by atoms with E-state index in [1.165, 1.54) is 30.3 Å². The van der Waals surface area contributed by atoms with E-state index in [9.17, 15) is 26.4 Å². The van der Waals surface area contributed by atoms with Gasteiger partial charge in [0.15, 0.2) is 11.5 Å². The Morgan fingerprint density at radius 3 is 2.43 bits per heavy atom. The minimum atomic E-state index is -4.71. The molecule has 1 saturated carbocycles. The number of alkyl halides is 3. The second-order valence-electron chi connectivity index (χ2n) is 8.44. The molecule has 0 spiro atoms. The van der Waals surface area contributed by atoms with Crippen LogP contribution in [0.15, 0.2) is 65.6 Å². The van der Waals surface area contributed by atoms with Gasteiger partial charge in [0, 0.05) is 9.97 Å². The van der Waals surface area contributed by atoms with E-state index in [0.29, 0.717) is 24.3 Å². The van der Waals surface area contributed by atoms with Crippen molar-refractivity contribution in [2.75, 3.05) is 12.1 Å². The largest absolute Gasteiger partial charge is 0.454 e. The summed E-state index contributed by atoms with van der Waals surface area (Å²) in [6, 6.07) is 13.4. The molecule has 0 saturated heterocycles. The van der Waals surface area contributed by atoms with Gasteiger partial charge >= 0.3 is 6.18 Å². The van der Waals surface area contributed by atoms with E-state index in [0.717, 1.165) is 17.7 Å². The maximum atomic E-state index is 13.7. The van der Waals surface area contributed by atoms with Crippen LogP contribution in [-0.4, -0.2) is 21.1 Å². The molecule has 1 heterocycles. The van der Waals surface area contributed by atoms with Crippen molar-refractivity contribution in [1.29, 1.82) is 0 Å². The summed E-state index contributed by atoms with van der Waals surface area (Å²) in [5.74, 6) is 0.757. The highest BCUT2D eigenvalue weighted by Gasteiger charge is 2.51. The fraction of sp³-hybridized carbons (Fsp3) is 0.208. The van der Waals surface area contributed by atoms with Crippen molar-refractivity contribution < 1.29 is 40.1 Å². The molecule has 0 radical (unpaired) electrons. The lowest BCUT2D eigenvalue weighted by Crippen LogP contribution is -2.27. The number of hydrogen-bond acceptors (Lipinski definition) is 5. The van der Waals surface area contributed by atoms with E-state index in [2.05, 4.69) is 5.32 Å². The number of ether oxygens (including phenoxy) is 2. The number of carbonyl (C=O) groups is 1. The molecule has 0 bridgehead atoms. The predicted octanol–water partition coefficient (Wildman–Crippen LogP) is 5.16. The van der Waals surface area contributed by atoms with E-state index >= 15 is 0 Å². The third kappa shape index (κ3) is 4.32. The van der Waals surface area contributed by atoms with E-state index in [-0.39, 0.29) is 38.7 Å². The lowest BCUT2D eigenvalue weighted by molar-refractivity contribution is -0.137. The molecule has 2 aliphatic rings. The maximum absolute atomic E-state index is 13.7. The fourth-order valence-electron chi connectivity index (χ4n) is 4.17. The molecule has 35 heavy (non-hydrogen) atoms. The minimum Gasteiger partial charge on any atom is -0.454 e. The SMILES string of the molecule is NS(=O)(=O)c1cccc(-c2cc(NC(=O)C3(c4ccc5c(c4)OCO5)CC3)ccc2C(F)(F)F)c1.[HH].[HH].[HH]. The molecule has 1 aliphatic heterocycles. The number of fused-ring (bicyclic) bond motifs is 1. The zero-order valence-electron chi connectivity index (χ0n) is 18.1. The number of amides is 1. The Balaban J connectivity index is 0.00000169. The van der Waals surface area contributed by atoms with Gasteiger partial charge in [0.25, 0.3) is 0 Å². The predicted molar refractivity (Wildman–Crippen MR) is 127 cm³/mol. The molecular weight excluding hydrogens is 485 g/mol. The standard InChI is InChI=1S/C24H19F3N2O5S.3H2/c25-24(26,27)19-6-5-16(12-18(19)14-2-1-3-17(10-14)35(28,31)32)29-22(30)23(8-9-23)15-4-7-20-21(11-15)34-13-33-20;;;/h1-7,10-12H,8-9,13H2,(H,29,30)(H2,28,31,32);3*1H. The van der Waals surface area contributed by atoms with Crippen LogP contribution in [0.25, 0.3) is 11.1 Å². The summed E-state index contributed by atoms with van der Waals surface area (Å²) < 4.78 is 75.3. The number of nitrogens with two attached hydrogens (primary N) is 1. The Kier molecular flexibility index (Phi) is 5.29. The van der Waals surface area contributed by atoms with Gasteiger partial charge in [-0.25, -0.2) is 13.6 Å². The first kappa shape index (κ1) is 23.2. The van der Waals surface area contributed by atoms with E-state index in [4.69, 9.17) is 14.6 Å². The number of hydrogen-bond donors (Lipinski definition) is 2. The molecule has 0 unspecified atom stereocenters. The maximum Gasteiger partial charge on any atom is 0.417 e. The third-order valence-corrected chi connectivity index (χ3v) is 7.08. The Labute approximate surface area is 203 Å². The van der Waals surface area contributed by atoms with Crippen LogP contribution in [-0.2, 0) is 26.4 Å². The Morgan fingerprint density at radius 1 is 1.00 bits per heavy atom. The Morgan fingerprint density at radius 2 is 1.74 bits per heavy atom. The van der Waals surface area contributed by atoms with Gasteiger partial charge in [0.2, 0.25) is 22.7 Å². The van der Waals surface area contributed by atoms with Gasteiger partial charge in [-0.15, -0.1) is 0 Å². The average molecular weight is 511 g/mol. The molecule has 0 atom stereocenters. The highest BCUT2D eigenvalue weighted by Crippen LogP contribution is 2.51. The van der Waals surface area contributed by atoms with E-state index < -0.39 is 27.2 Å². The van der Waals surface area contributed by atoms with Crippen molar-refractivity contribution in [3.05, 3.63) is 71.8 Å². The van der Waals surface area contributed by atoms with Crippen LogP contribution >= 0.6 is 0 Å². The van der Waals surface area contributed by atoms with Crippen LogP contribution in [0.2, 0.25) is 0 Å². The van der Waals surface area contributed by atoms with Gasteiger partial charge in [-0.1, -0.05) is 18.2 Å². The lowest BCUT2D eigenvalue weighted by atomic mass is 9.94. The zero-order valence-corrected chi connectivity index (χ0v) is 18.9. The molecule has 0 aromatic heterocycles. The molecule has 3 aromatic rings. The van der Waals surface area contributed by atoms with Gasteiger partial charge in [0.05, 0.1) is 15.9 Å². The number of sulfonamides is 1.